The highest BCUT2D eigenvalue weighted by Gasteiger charge is 2.18. The minimum atomic E-state index is -0.305. The van der Waals surface area contributed by atoms with Gasteiger partial charge in [-0.05, 0) is 31.5 Å². The van der Waals surface area contributed by atoms with Crippen LogP contribution in [-0.4, -0.2) is 46.4 Å². The zero-order valence-electron chi connectivity index (χ0n) is 14.6. The standard InChI is InChI=1S/C18H24N6O2/c25-17(21-12-14-4-2-1-3-5-14)8-11-20-18(26)16-13-24(23-22-16)15-6-9-19-10-7-15/h1-5,13,15,19H,6-12H2,(H,20,26)(H,21,25). The van der Waals surface area contributed by atoms with E-state index in [1.165, 1.54) is 0 Å². The second kappa shape index (κ2) is 9.10. The maximum absolute atomic E-state index is 12.1. The highest BCUT2D eigenvalue weighted by atomic mass is 16.2. The first-order chi connectivity index (χ1) is 12.7. The normalized spacial score (nSPS) is 14.8. The molecule has 1 aliphatic rings. The van der Waals surface area contributed by atoms with E-state index in [-0.39, 0.29) is 36.5 Å². The Hall–Kier alpha value is -2.74. The lowest BCUT2D eigenvalue weighted by atomic mass is 10.1. The molecular formula is C18H24N6O2. The van der Waals surface area contributed by atoms with Crippen molar-refractivity contribution < 1.29 is 9.59 Å². The molecule has 8 heteroatoms. The van der Waals surface area contributed by atoms with E-state index in [2.05, 4.69) is 26.3 Å². The number of carbonyl (C=O) groups excluding carboxylic acids is 2. The van der Waals surface area contributed by atoms with Crippen LogP contribution in [0.4, 0.5) is 0 Å². The number of piperidine rings is 1. The maximum atomic E-state index is 12.1. The minimum absolute atomic E-state index is 0.104. The fourth-order valence-corrected chi connectivity index (χ4v) is 2.90. The van der Waals surface area contributed by atoms with Crippen molar-refractivity contribution in [3.05, 3.63) is 47.8 Å². The van der Waals surface area contributed by atoms with E-state index < -0.39 is 0 Å². The van der Waals surface area contributed by atoms with Crippen molar-refractivity contribution in [3.8, 4) is 0 Å². The molecule has 1 aromatic carbocycles. The van der Waals surface area contributed by atoms with E-state index in [0.717, 1.165) is 31.5 Å². The molecule has 0 bridgehead atoms. The van der Waals surface area contributed by atoms with Crippen molar-refractivity contribution in [3.63, 3.8) is 0 Å². The molecule has 3 N–H and O–H groups in total. The van der Waals surface area contributed by atoms with Crippen molar-refractivity contribution in [2.24, 2.45) is 0 Å². The fraction of sp³-hybridized carbons (Fsp3) is 0.444. The van der Waals surface area contributed by atoms with Crippen LogP contribution in [0.5, 0.6) is 0 Å². The summed E-state index contributed by atoms with van der Waals surface area (Å²) in [6, 6.07) is 9.98. The molecule has 0 saturated carbocycles. The molecule has 0 unspecified atom stereocenters. The Kier molecular flexibility index (Phi) is 6.32. The molecule has 26 heavy (non-hydrogen) atoms. The predicted octanol–water partition coefficient (Wildman–Crippen LogP) is 0.639. The maximum Gasteiger partial charge on any atom is 0.273 e. The zero-order chi connectivity index (χ0) is 18.2. The summed E-state index contributed by atoms with van der Waals surface area (Å²) in [7, 11) is 0. The Morgan fingerprint density at radius 2 is 1.92 bits per heavy atom. The quantitative estimate of drug-likeness (QED) is 0.676. The number of hydrogen-bond acceptors (Lipinski definition) is 5. The average Bonchev–Trinajstić information content (AvgIpc) is 3.18. The Labute approximate surface area is 152 Å². The van der Waals surface area contributed by atoms with Gasteiger partial charge in [-0.2, -0.15) is 0 Å². The number of aromatic nitrogens is 3. The van der Waals surface area contributed by atoms with Crippen molar-refractivity contribution in [2.75, 3.05) is 19.6 Å². The lowest BCUT2D eigenvalue weighted by Gasteiger charge is -2.22. The number of hydrogen-bond donors (Lipinski definition) is 3. The molecule has 0 spiro atoms. The molecule has 2 heterocycles. The van der Waals surface area contributed by atoms with Crippen molar-refractivity contribution in [2.45, 2.75) is 31.8 Å². The Balaban J connectivity index is 1.38. The topological polar surface area (TPSA) is 101 Å². The van der Waals surface area contributed by atoms with Gasteiger partial charge in [0, 0.05) is 19.5 Å². The third kappa shape index (κ3) is 5.13. The molecule has 1 aliphatic heterocycles. The number of nitrogens with one attached hydrogen (secondary N) is 3. The molecular weight excluding hydrogens is 332 g/mol. The first-order valence-electron chi connectivity index (χ1n) is 8.94. The number of carbonyl (C=O) groups is 2. The molecule has 0 atom stereocenters. The first kappa shape index (κ1) is 18.1. The summed E-state index contributed by atoms with van der Waals surface area (Å²) < 4.78 is 1.77. The molecule has 2 aromatic rings. The second-order valence-corrected chi connectivity index (χ2v) is 6.33. The predicted molar refractivity (Wildman–Crippen MR) is 96.4 cm³/mol. The van der Waals surface area contributed by atoms with Crippen LogP contribution in [0.2, 0.25) is 0 Å². The van der Waals surface area contributed by atoms with Gasteiger partial charge in [-0.3, -0.25) is 9.59 Å². The molecule has 0 aliphatic carbocycles. The average molecular weight is 356 g/mol. The molecule has 1 saturated heterocycles. The van der Waals surface area contributed by atoms with Gasteiger partial charge in [0.25, 0.3) is 5.91 Å². The van der Waals surface area contributed by atoms with E-state index >= 15 is 0 Å². The third-order valence-electron chi connectivity index (χ3n) is 4.40. The van der Waals surface area contributed by atoms with Crippen LogP contribution in [0.15, 0.2) is 36.5 Å². The molecule has 1 aromatic heterocycles. The lowest BCUT2D eigenvalue weighted by molar-refractivity contribution is -0.121. The van der Waals surface area contributed by atoms with Crippen molar-refractivity contribution in [1.82, 2.24) is 30.9 Å². The molecule has 1 fully saturated rings. The van der Waals surface area contributed by atoms with Crippen molar-refractivity contribution in [1.29, 1.82) is 0 Å². The molecule has 8 nitrogen and oxygen atoms in total. The van der Waals surface area contributed by atoms with Crippen LogP contribution in [0.3, 0.4) is 0 Å². The van der Waals surface area contributed by atoms with Gasteiger partial charge < -0.3 is 16.0 Å². The Morgan fingerprint density at radius 3 is 2.69 bits per heavy atom. The summed E-state index contributed by atoms with van der Waals surface area (Å²) in [6.45, 7) is 2.64. The summed E-state index contributed by atoms with van der Waals surface area (Å²) in [6.07, 6.45) is 3.86. The lowest BCUT2D eigenvalue weighted by Crippen LogP contribution is -2.31. The summed E-state index contributed by atoms with van der Waals surface area (Å²) in [5.74, 6) is -0.409. The summed E-state index contributed by atoms with van der Waals surface area (Å²) in [5.41, 5.74) is 1.33. The van der Waals surface area contributed by atoms with Gasteiger partial charge in [-0.25, -0.2) is 4.68 Å². The Bertz CT molecular complexity index is 724. The highest BCUT2D eigenvalue weighted by molar-refractivity contribution is 5.92. The molecule has 0 radical (unpaired) electrons. The smallest absolute Gasteiger partial charge is 0.273 e. The number of rotatable bonds is 7. The van der Waals surface area contributed by atoms with Crippen LogP contribution in [0.1, 0.15) is 41.4 Å². The minimum Gasteiger partial charge on any atom is -0.352 e. The van der Waals surface area contributed by atoms with Gasteiger partial charge in [0.15, 0.2) is 5.69 Å². The molecule has 3 rings (SSSR count). The summed E-state index contributed by atoms with van der Waals surface area (Å²) in [4.78, 5) is 24.0. The van der Waals surface area contributed by atoms with Crippen LogP contribution in [0.25, 0.3) is 0 Å². The van der Waals surface area contributed by atoms with Crippen LogP contribution in [-0.2, 0) is 11.3 Å². The highest BCUT2D eigenvalue weighted by Crippen LogP contribution is 2.16. The van der Waals surface area contributed by atoms with E-state index in [9.17, 15) is 9.59 Å². The van der Waals surface area contributed by atoms with Gasteiger partial charge in [0.05, 0.1) is 12.2 Å². The van der Waals surface area contributed by atoms with Crippen molar-refractivity contribution >= 4 is 11.8 Å². The van der Waals surface area contributed by atoms with Gasteiger partial charge in [-0.15, -0.1) is 5.10 Å². The van der Waals surface area contributed by atoms with Crippen LogP contribution >= 0.6 is 0 Å². The number of nitrogens with zero attached hydrogens (tertiary/aromatic N) is 3. The monoisotopic (exact) mass is 356 g/mol. The van der Waals surface area contributed by atoms with Gasteiger partial charge in [-0.1, -0.05) is 35.5 Å². The van der Waals surface area contributed by atoms with E-state index in [1.807, 2.05) is 30.3 Å². The summed E-state index contributed by atoms with van der Waals surface area (Å²) in [5, 5.41) is 16.9. The second-order valence-electron chi connectivity index (χ2n) is 6.33. The van der Waals surface area contributed by atoms with E-state index in [4.69, 9.17) is 0 Å². The largest absolute Gasteiger partial charge is 0.352 e. The van der Waals surface area contributed by atoms with E-state index in [0.29, 0.717) is 6.54 Å². The van der Waals surface area contributed by atoms with Gasteiger partial charge >= 0.3 is 0 Å². The third-order valence-corrected chi connectivity index (χ3v) is 4.40. The van der Waals surface area contributed by atoms with Gasteiger partial charge in [0.1, 0.15) is 0 Å². The molecule has 2 amide bonds. The zero-order valence-corrected chi connectivity index (χ0v) is 14.6. The first-order valence-corrected chi connectivity index (χ1v) is 8.94. The van der Waals surface area contributed by atoms with E-state index in [1.54, 1.807) is 10.9 Å². The number of benzene rings is 1. The SMILES string of the molecule is O=C(CCNC(=O)c1cn(C2CCNCC2)nn1)NCc1ccccc1. The number of amides is 2. The van der Waals surface area contributed by atoms with Crippen LogP contribution in [0, 0.1) is 0 Å². The van der Waals surface area contributed by atoms with Gasteiger partial charge in [0.2, 0.25) is 5.91 Å². The summed E-state index contributed by atoms with van der Waals surface area (Å²) >= 11 is 0. The fourth-order valence-electron chi connectivity index (χ4n) is 2.90. The Morgan fingerprint density at radius 1 is 1.15 bits per heavy atom. The molecule has 138 valence electrons. The van der Waals surface area contributed by atoms with Crippen LogP contribution < -0.4 is 16.0 Å².